The van der Waals surface area contributed by atoms with Gasteiger partial charge in [-0.3, -0.25) is 10.2 Å². The summed E-state index contributed by atoms with van der Waals surface area (Å²) in [5.74, 6) is -0.821. The molecular formula is C54H67N3O11. The summed E-state index contributed by atoms with van der Waals surface area (Å²) < 4.78 is 37.4. The van der Waals surface area contributed by atoms with E-state index >= 15 is 0 Å². The summed E-state index contributed by atoms with van der Waals surface area (Å²) in [5, 5.41) is 29.8. The summed E-state index contributed by atoms with van der Waals surface area (Å²) in [7, 11) is 3.06. The highest BCUT2D eigenvalue weighted by Gasteiger charge is 2.66. The maximum atomic E-state index is 14.8. The predicted octanol–water partition coefficient (Wildman–Crippen LogP) is 10.6. The quantitative estimate of drug-likeness (QED) is 0.0438. The van der Waals surface area contributed by atoms with Gasteiger partial charge in [0, 0.05) is 37.2 Å². The zero-order valence-corrected chi connectivity index (χ0v) is 40.2. The van der Waals surface area contributed by atoms with Crippen LogP contribution in [0.3, 0.4) is 0 Å². The molecule has 14 heteroatoms. The van der Waals surface area contributed by atoms with Crippen molar-refractivity contribution >= 4 is 34.4 Å². The zero-order chi connectivity index (χ0) is 48.4. The number of unbranched alkanes of at least 4 members (excludes halogenated alkanes) is 2. The molecule has 0 radical (unpaired) electrons. The Hall–Kier alpha value is -6.09. The van der Waals surface area contributed by atoms with Gasteiger partial charge in [0.2, 0.25) is 5.79 Å². The number of carbonyl (C=O) groups excluding carboxylic acids is 2. The topological polar surface area (TPSA) is 167 Å². The van der Waals surface area contributed by atoms with E-state index in [0.29, 0.717) is 41.5 Å². The van der Waals surface area contributed by atoms with Gasteiger partial charge in [-0.05, 0) is 117 Å². The third kappa shape index (κ3) is 10.9. The molecule has 2 aliphatic carbocycles. The first-order valence-corrected chi connectivity index (χ1v) is 23.8. The van der Waals surface area contributed by atoms with Crippen molar-refractivity contribution in [2.75, 3.05) is 46.0 Å². The molecule has 1 aliphatic heterocycles. The van der Waals surface area contributed by atoms with Gasteiger partial charge in [0.25, 0.3) is 0 Å². The van der Waals surface area contributed by atoms with Gasteiger partial charge in [0.15, 0.2) is 0 Å². The van der Waals surface area contributed by atoms with Crippen molar-refractivity contribution in [3.05, 3.63) is 114 Å². The number of oxime groups is 1. The Morgan fingerprint density at radius 2 is 1.69 bits per heavy atom. The molecular weight excluding hydrogens is 867 g/mol. The molecule has 7 rings (SSSR count). The van der Waals surface area contributed by atoms with E-state index in [-0.39, 0.29) is 62.9 Å². The summed E-state index contributed by atoms with van der Waals surface area (Å²) in [6.07, 6.45) is 7.12. The van der Waals surface area contributed by atoms with Crippen LogP contribution in [0.1, 0.15) is 89.7 Å². The van der Waals surface area contributed by atoms with E-state index in [4.69, 9.17) is 38.4 Å². The molecule has 0 aromatic heterocycles. The number of anilines is 1. The van der Waals surface area contributed by atoms with Crippen molar-refractivity contribution in [1.29, 1.82) is 0 Å². The van der Waals surface area contributed by atoms with E-state index in [1.165, 1.54) is 7.11 Å². The van der Waals surface area contributed by atoms with Gasteiger partial charge >= 0.3 is 12.2 Å². The molecule has 1 saturated carbocycles. The fraction of sp³-hybridized carbons (Fsp3) is 0.463. The molecule has 4 aromatic carbocycles. The van der Waals surface area contributed by atoms with Crippen LogP contribution >= 0.6 is 0 Å². The van der Waals surface area contributed by atoms with Crippen molar-refractivity contribution in [3.8, 4) is 23.0 Å². The number of nitrogens with zero attached hydrogens (tertiary/aromatic N) is 2. The number of aliphatic hydroxyl groups is 2. The van der Waals surface area contributed by atoms with Gasteiger partial charge in [0.1, 0.15) is 34.6 Å². The second-order valence-corrected chi connectivity index (χ2v) is 18.5. The molecule has 3 N–H and O–H groups in total. The normalized spacial score (nSPS) is 22.2. The highest BCUT2D eigenvalue weighted by Crippen LogP contribution is 2.62. The Balaban J connectivity index is 1.43. The number of amides is 2. The smallest absolute Gasteiger partial charge is 0.417 e. The molecule has 68 heavy (non-hydrogen) atoms. The first kappa shape index (κ1) is 49.8. The molecule has 0 saturated heterocycles. The lowest BCUT2D eigenvalue weighted by Crippen LogP contribution is -2.70. The minimum atomic E-state index is -1.54. The van der Waals surface area contributed by atoms with Gasteiger partial charge < -0.3 is 43.5 Å². The Kier molecular flexibility index (Phi) is 16.4. The maximum Gasteiger partial charge on any atom is 0.417 e. The van der Waals surface area contributed by atoms with Crippen LogP contribution < -0.4 is 24.3 Å². The largest absolute Gasteiger partial charge is 0.497 e. The molecule has 1 fully saturated rings. The number of methoxy groups -OCH3 is 2. The number of hydrogen-bond acceptors (Lipinski definition) is 12. The molecule has 6 unspecified atom stereocenters. The van der Waals surface area contributed by atoms with Crippen LogP contribution in [0.4, 0.5) is 15.3 Å². The Bertz CT molecular complexity index is 2460. The number of rotatable bonds is 20. The Morgan fingerprint density at radius 1 is 0.941 bits per heavy atom. The maximum absolute atomic E-state index is 14.8. The lowest BCUT2D eigenvalue weighted by molar-refractivity contribution is -0.256. The van der Waals surface area contributed by atoms with Crippen LogP contribution in [0.5, 0.6) is 23.0 Å². The van der Waals surface area contributed by atoms with E-state index in [2.05, 4.69) is 24.0 Å². The van der Waals surface area contributed by atoms with Gasteiger partial charge in [-0.1, -0.05) is 72.6 Å². The predicted molar refractivity (Wildman–Crippen MR) is 262 cm³/mol. The average molecular weight is 934 g/mol. The van der Waals surface area contributed by atoms with Crippen molar-refractivity contribution in [2.45, 2.75) is 103 Å². The van der Waals surface area contributed by atoms with Crippen LogP contribution in [0.15, 0.2) is 108 Å². The summed E-state index contributed by atoms with van der Waals surface area (Å²) in [6, 6.07) is 23.7. The second-order valence-electron chi connectivity index (χ2n) is 18.5. The van der Waals surface area contributed by atoms with Crippen molar-refractivity contribution in [2.24, 2.45) is 22.9 Å². The van der Waals surface area contributed by atoms with Crippen LogP contribution in [-0.2, 0) is 20.9 Å². The Morgan fingerprint density at radius 3 is 2.41 bits per heavy atom. The van der Waals surface area contributed by atoms with E-state index in [1.807, 2.05) is 63.2 Å². The third-order valence-electron chi connectivity index (χ3n) is 13.0. The van der Waals surface area contributed by atoms with Crippen molar-refractivity contribution < 1.29 is 53.1 Å². The van der Waals surface area contributed by atoms with E-state index < -0.39 is 35.5 Å². The SMILES string of the molecule is C=CCOC12Oc3ccc(OC(=O)Nc4ccc(OC)cc4OC)cc3C3C(CCCCO)C(CCCCO)C=C(C(=NOC(C)(C)C)CC1N(Cc1cccc4ccccc14)C(=O)OCC)C32. The first-order valence-electron chi connectivity index (χ1n) is 23.8. The summed E-state index contributed by atoms with van der Waals surface area (Å²) in [6.45, 7) is 12.2. The minimum absolute atomic E-state index is 0.0109. The fourth-order valence-corrected chi connectivity index (χ4v) is 10.2. The van der Waals surface area contributed by atoms with Crippen LogP contribution in [0, 0.1) is 17.8 Å². The van der Waals surface area contributed by atoms with E-state index in [1.54, 1.807) is 55.3 Å². The first-order chi connectivity index (χ1) is 32.9. The van der Waals surface area contributed by atoms with E-state index in [0.717, 1.165) is 53.2 Å². The standard InChI is InChI=1S/C54H67N3O11/c1-8-29-65-54-48(57(52(61)64-9-2)34-37-20-16-19-35-17-10-11-21-40(35)37)33-45(56-68-53(3,4)5)42-30-36(18-12-14-27-58)41(22-13-15-28-59)49(50(42)54)43-31-39(24-26-46(43)67-54)66-51(60)55-44-25-23-38(62-6)32-47(44)63-7/h8,10-11,16-17,19-21,23-26,30-32,36,41,48-50,58-59H,1,9,12-15,18,22,27-29,33-34H2,2-7H3,(H,55,60). The number of carbonyl (C=O) groups is 2. The molecule has 6 atom stereocenters. The lowest BCUT2D eigenvalue weighted by Gasteiger charge is -2.60. The number of nitrogens with one attached hydrogen (secondary N) is 1. The number of ether oxygens (including phenoxy) is 6. The minimum Gasteiger partial charge on any atom is -0.497 e. The van der Waals surface area contributed by atoms with Gasteiger partial charge in [-0.25, -0.2) is 9.59 Å². The monoisotopic (exact) mass is 933 g/mol. The Labute approximate surface area is 399 Å². The molecule has 14 nitrogen and oxygen atoms in total. The number of benzene rings is 4. The lowest BCUT2D eigenvalue weighted by atomic mass is 9.55. The van der Waals surface area contributed by atoms with Gasteiger partial charge in [0.05, 0.1) is 51.3 Å². The number of allylic oxidation sites excluding steroid dienone is 1. The molecule has 2 amide bonds. The molecule has 0 spiro atoms. The van der Waals surface area contributed by atoms with Crippen molar-refractivity contribution in [3.63, 3.8) is 0 Å². The second kappa shape index (κ2) is 22.3. The summed E-state index contributed by atoms with van der Waals surface area (Å²) in [5.41, 5.74) is 2.98. The molecule has 364 valence electrons. The molecule has 0 bridgehead atoms. The summed E-state index contributed by atoms with van der Waals surface area (Å²) in [4.78, 5) is 36.4. The van der Waals surface area contributed by atoms with Crippen LogP contribution in [-0.4, -0.2) is 91.1 Å². The third-order valence-corrected chi connectivity index (χ3v) is 13.0. The fourth-order valence-electron chi connectivity index (χ4n) is 10.2. The van der Waals surface area contributed by atoms with E-state index in [9.17, 15) is 19.8 Å². The highest BCUT2D eigenvalue weighted by atomic mass is 16.7. The van der Waals surface area contributed by atoms with Crippen LogP contribution in [0.2, 0.25) is 0 Å². The molecule has 3 aliphatic rings. The zero-order valence-electron chi connectivity index (χ0n) is 40.2. The molecule has 4 aromatic rings. The number of fused-ring (bicyclic) bond motifs is 3. The number of hydrogen-bond donors (Lipinski definition) is 3. The number of aliphatic hydroxyl groups excluding tert-OH is 2. The van der Waals surface area contributed by atoms with Crippen molar-refractivity contribution in [1.82, 2.24) is 4.90 Å². The molecule has 1 heterocycles. The summed E-state index contributed by atoms with van der Waals surface area (Å²) >= 11 is 0. The average Bonchev–Trinajstić information content (AvgIpc) is 3.33. The highest BCUT2D eigenvalue weighted by molar-refractivity contribution is 6.03. The van der Waals surface area contributed by atoms with Gasteiger partial charge in [-0.15, -0.1) is 6.58 Å². The van der Waals surface area contributed by atoms with Gasteiger partial charge in [-0.2, -0.15) is 0 Å². The van der Waals surface area contributed by atoms with Crippen LogP contribution in [0.25, 0.3) is 10.8 Å².